The molecule has 0 aromatic rings. The van der Waals surface area contributed by atoms with Crippen molar-refractivity contribution in [3.63, 3.8) is 0 Å². The Hall–Kier alpha value is -0.630. The molecule has 0 amide bonds. The minimum atomic E-state index is -0.168. The predicted octanol–water partition coefficient (Wildman–Crippen LogP) is 3.10. The SMILES string of the molecule is CC(C=O)=CCCC1(C)C2CCC(C)(C2)C1O. The van der Waals surface area contributed by atoms with Gasteiger partial charge in [0, 0.05) is 0 Å². The van der Waals surface area contributed by atoms with Gasteiger partial charge in [-0.1, -0.05) is 19.9 Å². The fourth-order valence-corrected chi connectivity index (χ4v) is 4.10. The van der Waals surface area contributed by atoms with Gasteiger partial charge in [0.25, 0.3) is 0 Å². The van der Waals surface area contributed by atoms with E-state index in [1.807, 2.05) is 13.0 Å². The highest BCUT2D eigenvalue weighted by atomic mass is 16.3. The lowest BCUT2D eigenvalue weighted by molar-refractivity contribution is -0.104. The number of hydrogen-bond acceptors (Lipinski definition) is 2. The Kier molecular flexibility index (Phi) is 3.19. The molecule has 96 valence electrons. The molecule has 1 N–H and O–H groups in total. The first-order valence-corrected chi connectivity index (χ1v) is 6.72. The number of rotatable bonds is 4. The molecule has 17 heavy (non-hydrogen) atoms. The number of aliphatic hydroxyl groups excluding tert-OH is 1. The van der Waals surface area contributed by atoms with Gasteiger partial charge in [0.15, 0.2) is 0 Å². The zero-order chi connectivity index (χ0) is 12.7. The second kappa shape index (κ2) is 4.24. The number of carbonyl (C=O) groups is 1. The highest BCUT2D eigenvalue weighted by molar-refractivity contribution is 5.71. The zero-order valence-corrected chi connectivity index (χ0v) is 11.2. The van der Waals surface area contributed by atoms with Crippen molar-refractivity contribution in [2.24, 2.45) is 16.7 Å². The normalized spacial score (nSPS) is 45.3. The summed E-state index contributed by atoms with van der Waals surface area (Å²) < 4.78 is 0. The molecular formula is C15H24O2. The number of allylic oxidation sites excluding steroid dienone is 2. The summed E-state index contributed by atoms with van der Waals surface area (Å²) in [6, 6.07) is 0. The Morgan fingerprint density at radius 2 is 2.18 bits per heavy atom. The molecule has 0 aliphatic heterocycles. The maximum Gasteiger partial charge on any atom is 0.145 e. The number of aldehydes is 1. The van der Waals surface area contributed by atoms with Crippen LogP contribution in [0, 0.1) is 16.7 Å². The second-order valence-corrected chi connectivity index (χ2v) is 6.61. The maximum atomic E-state index is 10.5. The van der Waals surface area contributed by atoms with Crippen molar-refractivity contribution in [1.82, 2.24) is 0 Å². The molecule has 0 heterocycles. The van der Waals surface area contributed by atoms with Gasteiger partial charge in [0.2, 0.25) is 0 Å². The van der Waals surface area contributed by atoms with Crippen molar-refractivity contribution in [2.45, 2.75) is 59.0 Å². The third-order valence-electron chi connectivity index (χ3n) is 5.33. The molecule has 2 rings (SSSR count). The summed E-state index contributed by atoms with van der Waals surface area (Å²) in [5.41, 5.74) is 1.02. The Balaban J connectivity index is 2.03. The molecule has 0 spiro atoms. The van der Waals surface area contributed by atoms with E-state index in [0.717, 1.165) is 24.7 Å². The third kappa shape index (κ3) is 1.97. The van der Waals surface area contributed by atoms with Crippen molar-refractivity contribution in [3.8, 4) is 0 Å². The molecule has 2 aliphatic rings. The first-order valence-electron chi connectivity index (χ1n) is 6.72. The average Bonchev–Trinajstić information content (AvgIpc) is 2.77. The van der Waals surface area contributed by atoms with Crippen LogP contribution in [0.25, 0.3) is 0 Å². The molecule has 4 atom stereocenters. The molecule has 0 aromatic heterocycles. The first-order chi connectivity index (χ1) is 7.92. The summed E-state index contributed by atoms with van der Waals surface area (Å²) in [5.74, 6) is 0.674. The molecule has 2 saturated carbocycles. The molecule has 2 aliphatic carbocycles. The van der Waals surface area contributed by atoms with Gasteiger partial charge in [0.05, 0.1) is 6.10 Å². The van der Waals surface area contributed by atoms with Crippen LogP contribution in [0.5, 0.6) is 0 Å². The molecule has 2 nitrogen and oxygen atoms in total. The lowest BCUT2D eigenvalue weighted by atomic mass is 9.66. The van der Waals surface area contributed by atoms with Gasteiger partial charge < -0.3 is 5.11 Å². The quantitative estimate of drug-likeness (QED) is 0.601. The smallest absolute Gasteiger partial charge is 0.145 e. The molecule has 2 bridgehead atoms. The minimum absolute atomic E-state index is 0.0622. The van der Waals surface area contributed by atoms with Crippen molar-refractivity contribution in [2.75, 3.05) is 0 Å². The lowest BCUT2D eigenvalue weighted by Crippen LogP contribution is -2.42. The Labute approximate surface area is 104 Å². The Morgan fingerprint density at radius 1 is 1.47 bits per heavy atom. The van der Waals surface area contributed by atoms with Crippen molar-refractivity contribution in [1.29, 1.82) is 0 Å². The highest BCUT2D eigenvalue weighted by Gasteiger charge is 2.60. The first kappa shape index (κ1) is 12.8. The van der Waals surface area contributed by atoms with Crippen LogP contribution in [0.1, 0.15) is 52.9 Å². The number of hydrogen-bond donors (Lipinski definition) is 1. The predicted molar refractivity (Wildman–Crippen MR) is 68.6 cm³/mol. The van der Waals surface area contributed by atoms with Crippen LogP contribution in [-0.2, 0) is 4.79 Å². The molecule has 4 unspecified atom stereocenters. The van der Waals surface area contributed by atoms with E-state index in [1.54, 1.807) is 0 Å². The minimum Gasteiger partial charge on any atom is -0.392 e. The second-order valence-electron chi connectivity index (χ2n) is 6.61. The molecule has 0 radical (unpaired) electrons. The monoisotopic (exact) mass is 236 g/mol. The zero-order valence-electron chi connectivity index (χ0n) is 11.2. The molecule has 2 heteroatoms. The van der Waals surface area contributed by atoms with E-state index in [1.165, 1.54) is 19.3 Å². The van der Waals surface area contributed by atoms with Gasteiger partial charge in [-0.2, -0.15) is 0 Å². The van der Waals surface area contributed by atoms with Crippen molar-refractivity contribution in [3.05, 3.63) is 11.6 Å². The summed E-state index contributed by atoms with van der Waals surface area (Å²) in [5, 5.41) is 10.5. The van der Waals surface area contributed by atoms with E-state index in [9.17, 15) is 9.90 Å². The van der Waals surface area contributed by atoms with Gasteiger partial charge in [-0.15, -0.1) is 0 Å². The Morgan fingerprint density at radius 3 is 2.71 bits per heavy atom. The van der Waals surface area contributed by atoms with E-state index in [-0.39, 0.29) is 16.9 Å². The van der Waals surface area contributed by atoms with Crippen LogP contribution in [-0.4, -0.2) is 17.5 Å². The van der Waals surface area contributed by atoms with Crippen LogP contribution in [0.2, 0.25) is 0 Å². The molecule has 0 saturated heterocycles. The summed E-state index contributed by atoms with van der Waals surface area (Å²) in [6.07, 6.45) is 8.27. The number of carbonyl (C=O) groups excluding carboxylic acids is 1. The van der Waals surface area contributed by atoms with E-state index >= 15 is 0 Å². The van der Waals surface area contributed by atoms with Crippen LogP contribution in [0.4, 0.5) is 0 Å². The standard InChI is InChI=1S/C15H24O2/c1-11(10-16)5-4-7-15(3)12-6-8-14(2,9-12)13(15)17/h5,10,12-13,17H,4,6-9H2,1-3H3. The van der Waals surface area contributed by atoms with Crippen LogP contribution in [0.3, 0.4) is 0 Å². The maximum absolute atomic E-state index is 10.5. The van der Waals surface area contributed by atoms with Gasteiger partial charge in [-0.3, -0.25) is 4.79 Å². The fraction of sp³-hybridized carbons (Fsp3) is 0.800. The third-order valence-corrected chi connectivity index (χ3v) is 5.33. The van der Waals surface area contributed by atoms with Gasteiger partial charge in [-0.05, 0) is 61.3 Å². The summed E-state index contributed by atoms with van der Waals surface area (Å²) in [6.45, 7) is 6.31. The van der Waals surface area contributed by atoms with E-state index in [4.69, 9.17) is 0 Å². The number of fused-ring (bicyclic) bond motifs is 2. The van der Waals surface area contributed by atoms with E-state index < -0.39 is 0 Å². The van der Waals surface area contributed by atoms with Crippen LogP contribution >= 0.6 is 0 Å². The topological polar surface area (TPSA) is 37.3 Å². The van der Waals surface area contributed by atoms with Gasteiger partial charge in [-0.25, -0.2) is 0 Å². The molecule has 0 aromatic carbocycles. The van der Waals surface area contributed by atoms with Crippen molar-refractivity contribution < 1.29 is 9.90 Å². The van der Waals surface area contributed by atoms with Crippen molar-refractivity contribution >= 4 is 6.29 Å². The summed E-state index contributed by atoms with van der Waals surface area (Å²) in [7, 11) is 0. The Bertz CT molecular complexity index is 347. The lowest BCUT2D eigenvalue weighted by Gasteiger charge is -2.41. The van der Waals surface area contributed by atoms with Crippen LogP contribution < -0.4 is 0 Å². The van der Waals surface area contributed by atoms with Crippen LogP contribution in [0.15, 0.2) is 11.6 Å². The summed E-state index contributed by atoms with van der Waals surface area (Å²) in [4.78, 5) is 10.5. The molecular weight excluding hydrogens is 212 g/mol. The van der Waals surface area contributed by atoms with Gasteiger partial charge in [0.1, 0.15) is 6.29 Å². The van der Waals surface area contributed by atoms with E-state index in [2.05, 4.69) is 13.8 Å². The number of aliphatic hydroxyl groups is 1. The molecule has 2 fully saturated rings. The fourth-order valence-electron chi connectivity index (χ4n) is 4.10. The van der Waals surface area contributed by atoms with Gasteiger partial charge >= 0.3 is 0 Å². The summed E-state index contributed by atoms with van der Waals surface area (Å²) >= 11 is 0. The van der Waals surface area contributed by atoms with E-state index in [0.29, 0.717) is 5.92 Å². The largest absolute Gasteiger partial charge is 0.392 e. The average molecular weight is 236 g/mol. The highest BCUT2D eigenvalue weighted by Crippen LogP contribution is 2.64.